The van der Waals surface area contributed by atoms with Crippen LogP contribution in [0.1, 0.15) is 21.8 Å². The molecule has 5 heteroatoms. The highest BCUT2D eigenvalue weighted by atomic mass is 32.1. The first-order valence-electron chi connectivity index (χ1n) is 6.06. The normalized spacial score (nSPS) is 14.7. The lowest BCUT2D eigenvalue weighted by molar-refractivity contribution is 0.725. The summed E-state index contributed by atoms with van der Waals surface area (Å²) in [6, 6.07) is 2.21. The molecule has 2 aromatic rings. The number of hydrogen-bond donors (Lipinski definition) is 1. The molecule has 3 rings (SSSR count). The van der Waals surface area contributed by atoms with Crippen molar-refractivity contribution in [1.82, 2.24) is 9.97 Å². The van der Waals surface area contributed by atoms with Crippen molar-refractivity contribution in [3.8, 4) is 0 Å². The molecule has 0 amide bonds. The molecule has 2 N–H and O–H groups in total. The molecule has 0 aliphatic carbocycles. The van der Waals surface area contributed by atoms with Crippen LogP contribution in [0.2, 0.25) is 0 Å². The molecule has 0 radical (unpaired) electrons. The summed E-state index contributed by atoms with van der Waals surface area (Å²) < 4.78 is 0. The SMILES string of the molecule is Cc1nc(N)c(C)c(N2CCc3sccc3C2)n1. The van der Waals surface area contributed by atoms with E-state index in [9.17, 15) is 0 Å². The molecular formula is C13H16N4S. The first kappa shape index (κ1) is 11.5. The monoisotopic (exact) mass is 260 g/mol. The van der Waals surface area contributed by atoms with E-state index >= 15 is 0 Å². The Morgan fingerprint density at radius 2 is 2.17 bits per heavy atom. The van der Waals surface area contributed by atoms with Gasteiger partial charge in [0.2, 0.25) is 0 Å². The number of nitrogens with two attached hydrogens (primary N) is 1. The smallest absolute Gasteiger partial charge is 0.137 e. The standard InChI is InChI=1S/C13H16N4S/c1-8-12(14)15-9(2)16-13(8)17-5-3-11-10(7-17)4-6-18-11/h4,6H,3,5,7H2,1-2H3,(H2,14,15,16). The highest BCUT2D eigenvalue weighted by Crippen LogP contribution is 2.29. The fourth-order valence-electron chi connectivity index (χ4n) is 2.37. The lowest BCUT2D eigenvalue weighted by Crippen LogP contribution is -2.31. The van der Waals surface area contributed by atoms with Crippen molar-refractivity contribution in [2.75, 3.05) is 17.2 Å². The Balaban J connectivity index is 1.98. The van der Waals surface area contributed by atoms with Gasteiger partial charge in [-0.25, -0.2) is 9.97 Å². The van der Waals surface area contributed by atoms with Gasteiger partial charge in [0.05, 0.1) is 0 Å². The molecule has 0 bridgehead atoms. The molecule has 4 nitrogen and oxygen atoms in total. The molecule has 0 spiro atoms. The maximum Gasteiger partial charge on any atom is 0.137 e. The Morgan fingerprint density at radius 3 is 3.00 bits per heavy atom. The van der Waals surface area contributed by atoms with Crippen molar-refractivity contribution in [3.63, 3.8) is 0 Å². The van der Waals surface area contributed by atoms with Crippen LogP contribution in [0, 0.1) is 13.8 Å². The summed E-state index contributed by atoms with van der Waals surface area (Å²) in [7, 11) is 0. The maximum atomic E-state index is 5.93. The number of hydrogen-bond acceptors (Lipinski definition) is 5. The minimum atomic E-state index is 0.591. The van der Waals surface area contributed by atoms with Gasteiger partial charge in [0.25, 0.3) is 0 Å². The third-order valence-corrected chi connectivity index (χ3v) is 4.40. The van der Waals surface area contributed by atoms with Gasteiger partial charge < -0.3 is 10.6 Å². The van der Waals surface area contributed by atoms with Crippen molar-refractivity contribution in [3.05, 3.63) is 33.3 Å². The van der Waals surface area contributed by atoms with Gasteiger partial charge in [-0.1, -0.05) is 0 Å². The number of fused-ring (bicyclic) bond motifs is 1. The molecule has 0 fully saturated rings. The third kappa shape index (κ3) is 1.84. The van der Waals surface area contributed by atoms with E-state index < -0.39 is 0 Å². The number of nitrogens with zero attached hydrogens (tertiary/aromatic N) is 3. The Labute approximate surface area is 110 Å². The van der Waals surface area contributed by atoms with Gasteiger partial charge in [-0.3, -0.25) is 0 Å². The molecule has 18 heavy (non-hydrogen) atoms. The summed E-state index contributed by atoms with van der Waals surface area (Å²) in [6.45, 7) is 5.81. The second-order valence-corrected chi connectivity index (χ2v) is 5.65. The fraction of sp³-hybridized carbons (Fsp3) is 0.385. The Morgan fingerprint density at radius 1 is 1.33 bits per heavy atom. The second-order valence-electron chi connectivity index (χ2n) is 4.65. The van der Waals surface area contributed by atoms with Gasteiger partial charge in [0.1, 0.15) is 17.5 Å². The number of anilines is 2. The predicted octanol–water partition coefficient (Wildman–Crippen LogP) is 2.30. The lowest BCUT2D eigenvalue weighted by Gasteiger charge is -2.29. The van der Waals surface area contributed by atoms with Crippen LogP contribution in [0.15, 0.2) is 11.4 Å². The van der Waals surface area contributed by atoms with E-state index in [1.165, 1.54) is 10.4 Å². The van der Waals surface area contributed by atoms with Crippen molar-refractivity contribution >= 4 is 23.0 Å². The molecule has 1 aliphatic heterocycles. The van der Waals surface area contributed by atoms with E-state index in [1.807, 2.05) is 25.2 Å². The number of rotatable bonds is 1. The van der Waals surface area contributed by atoms with Crippen LogP contribution >= 0.6 is 11.3 Å². The molecule has 3 heterocycles. The summed E-state index contributed by atoms with van der Waals surface area (Å²) >= 11 is 1.85. The summed E-state index contributed by atoms with van der Waals surface area (Å²) in [5.74, 6) is 2.31. The van der Waals surface area contributed by atoms with Crippen LogP contribution in [-0.4, -0.2) is 16.5 Å². The topological polar surface area (TPSA) is 55.0 Å². The number of thiophene rings is 1. The van der Waals surface area contributed by atoms with Crippen LogP contribution < -0.4 is 10.6 Å². The zero-order chi connectivity index (χ0) is 12.7. The van der Waals surface area contributed by atoms with Crippen LogP contribution in [0.25, 0.3) is 0 Å². The summed E-state index contributed by atoms with van der Waals surface area (Å²) in [6.07, 6.45) is 1.09. The summed E-state index contributed by atoms with van der Waals surface area (Å²) in [4.78, 5) is 12.6. The highest BCUT2D eigenvalue weighted by Gasteiger charge is 2.21. The quantitative estimate of drug-likeness (QED) is 0.855. The van der Waals surface area contributed by atoms with Crippen LogP contribution in [0.3, 0.4) is 0 Å². The number of nitrogen functional groups attached to an aromatic ring is 1. The first-order chi connectivity index (χ1) is 8.65. The Bertz CT molecular complexity index is 591. The predicted molar refractivity (Wildman–Crippen MR) is 75.0 cm³/mol. The van der Waals surface area contributed by atoms with Gasteiger partial charge in [-0.05, 0) is 37.3 Å². The molecule has 0 saturated heterocycles. The summed E-state index contributed by atoms with van der Waals surface area (Å²) in [5.41, 5.74) is 8.33. The number of aromatic nitrogens is 2. The van der Waals surface area contributed by atoms with E-state index in [2.05, 4.69) is 26.3 Å². The van der Waals surface area contributed by atoms with Gasteiger partial charge in [-0.15, -0.1) is 11.3 Å². The average molecular weight is 260 g/mol. The minimum Gasteiger partial charge on any atom is -0.383 e. The molecule has 0 saturated carbocycles. The molecule has 0 unspecified atom stereocenters. The zero-order valence-electron chi connectivity index (χ0n) is 10.6. The minimum absolute atomic E-state index is 0.591. The molecule has 94 valence electrons. The summed E-state index contributed by atoms with van der Waals surface area (Å²) in [5, 5.41) is 2.17. The van der Waals surface area contributed by atoms with Crippen molar-refractivity contribution in [2.45, 2.75) is 26.8 Å². The van der Waals surface area contributed by atoms with Crippen LogP contribution in [0.5, 0.6) is 0 Å². The maximum absolute atomic E-state index is 5.93. The van der Waals surface area contributed by atoms with Gasteiger partial charge in [-0.2, -0.15) is 0 Å². The van der Waals surface area contributed by atoms with Gasteiger partial charge in [0, 0.05) is 23.5 Å². The van der Waals surface area contributed by atoms with Gasteiger partial charge in [0.15, 0.2) is 0 Å². The van der Waals surface area contributed by atoms with Gasteiger partial charge >= 0.3 is 0 Å². The van der Waals surface area contributed by atoms with E-state index in [1.54, 1.807) is 0 Å². The number of aryl methyl sites for hydroxylation is 1. The van der Waals surface area contributed by atoms with E-state index in [-0.39, 0.29) is 0 Å². The van der Waals surface area contributed by atoms with E-state index in [0.717, 1.165) is 36.7 Å². The average Bonchev–Trinajstić information content (AvgIpc) is 2.80. The fourth-order valence-corrected chi connectivity index (χ4v) is 3.26. The zero-order valence-corrected chi connectivity index (χ0v) is 11.4. The Hall–Kier alpha value is -1.62. The lowest BCUT2D eigenvalue weighted by atomic mass is 10.1. The van der Waals surface area contributed by atoms with Crippen molar-refractivity contribution in [2.24, 2.45) is 0 Å². The molecule has 1 aliphatic rings. The highest BCUT2D eigenvalue weighted by molar-refractivity contribution is 7.10. The third-order valence-electron chi connectivity index (χ3n) is 3.38. The van der Waals surface area contributed by atoms with Crippen LogP contribution in [-0.2, 0) is 13.0 Å². The van der Waals surface area contributed by atoms with Crippen molar-refractivity contribution in [1.29, 1.82) is 0 Å². The van der Waals surface area contributed by atoms with Crippen molar-refractivity contribution < 1.29 is 0 Å². The Kier molecular flexibility index (Phi) is 2.70. The van der Waals surface area contributed by atoms with Crippen LogP contribution in [0.4, 0.5) is 11.6 Å². The molecule has 0 aromatic carbocycles. The molecule has 2 aromatic heterocycles. The second kappa shape index (κ2) is 4.24. The van der Waals surface area contributed by atoms with E-state index in [4.69, 9.17) is 5.73 Å². The molecule has 0 atom stereocenters. The van der Waals surface area contributed by atoms with E-state index in [0.29, 0.717) is 5.82 Å². The first-order valence-corrected chi connectivity index (χ1v) is 6.94. The largest absolute Gasteiger partial charge is 0.383 e. The molecular weight excluding hydrogens is 244 g/mol.